The predicted molar refractivity (Wildman–Crippen MR) is 43.8 cm³/mol. The molecule has 0 aliphatic heterocycles. The first-order valence-electron chi connectivity index (χ1n) is 3.60. The molecule has 0 bridgehead atoms. The van der Waals surface area contributed by atoms with Crippen molar-refractivity contribution in [3.05, 3.63) is 36.2 Å². The van der Waals surface area contributed by atoms with Crippen molar-refractivity contribution in [2.75, 3.05) is 0 Å². The highest BCUT2D eigenvalue weighted by Gasteiger charge is 2.30. The van der Waals surface area contributed by atoms with Crippen molar-refractivity contribution in [3.8, 4) is 0 Å². The van der Waals surface area contributed by atoms with E-state index in [0.29, 0.717) is 6.08 Å². The molecule has 0 aromatic rings. The summed E-state index contributed by atoms with van der Waals surface area (Å²) in [6, 6.07) is 0. The van der Waals surface area contributed by atoms with Crippen LogP contribution in [0.1, 0.15) is 13.3 Å². The standard InChI is InChI=1S/C9H10F4/c1-4-6(2)8(10)5-7(3)9(11,12)13/h5H,2-4H2,1H3/b8-5+. The smallest absolute Gasteiger partial charge is 0.207 e. The summed E-state index contributed by atoms with van der Waals surface area (Å²) < 4.78 is 48.3. The lowest BCUT2D eigenvalue weighted by Gasteiger charge is -2.06. The normalized spacial score (nSPS) is 12.8. The zero-order valence-corrected chi connectivity index (χ0v) is 7.21. The summed E-state index contributed by atoms with van der Waals surface area (Å²) in [5, 5.41) is 0. The molecule has 0 N–H and O–H groups in total. The first-order valence-corrected chi connectivity index (χ1v) is 3.60. The Hall–Kier alpha value is -1.06. The van der Waals surface area contributed by atoms with E-state index in [2.05, 4.69) is 13.2 Å². The molecular formula is C9H10F4. The van der Waals surface area contributed by atoms with Gasteiger partial charge in [-0.05, 0) is 18.1 Å². The van der Waals surface area contributed by atoms with Gasteiger partial charge in [0.25, 0.3) is 0 Å². The molecule has 0 aliphatic carbocycles. The first kappa shape index (κ1) is 11.9. The van der Waals surface area contributed by atoms with Crippen LogP contribution in [0.2, 0.25) is 0 Å². The zero-order valence-electron chi connectivity index (χ0n) is 7.21. The Morgan fingerprint density at radius 3 is 2.08 bits per heavy atom. The van der Waals surface area contributed by atoms with Crippen molar-refractivity contribution in [3.63, 3.8) is 0 Å². The molecule has 0 amide bonds. The van der Waals surface area contributed by atoms with Gasteiger partial charge in [-0.3, -0.25) is 0 Å². The van der Waals surface area contributed by atoms with Gasteiger partial charge < -0.3 is 0 Å². The maximum atomic E-state index is 12.8. The van der Waals surface area contributed by atoms with Crippen molar-refractivity contribution in [1.29, 1.82) is 0 Å². The third kappa shape index (κ3) is 3.92. The second kappa shape index (κ2) is 4.25. The Bertz CT molecular complexity index is 245. The van der Waals surface area contributed by atoms with Gasteiger partial charge in [0.15, 0.2) is 0 Å². The maximum Gasteiger partial charge on any atom is 0.415 e. The molecule has 0 heterocycles. The second-order valence-corrected chi connectivity index (χ2v) is 2.47. The van der Waals surface area contributed by atoms with Crippen LogP contribution in [0.25, 0.3) is 0 Å². The van der Waals surface area contributed by atoms with Gasteiger partial charge in [0.05, 0.1) is 5.57 Å². The minimum atomic E-state index is -4.58. The lowest BCUT2D eigenvalue weighted by atomic mass is 10.1. The highest BCUT2D eigenvalue weighted by molar-refractivity contribution is 5.31. The molecule has 0 nitrogen and oxygen atoms in total. The van der Waals surface area contributed by atoms with Crippen LogP contribution >= 0.6 is 0 Å². The van der Waals surface area contributed by atoms with Crippen LogP contribution in [-0.4, -0.2) is 6.18 Å². The molecule has 0 radical (unpaired) electrons. The SMILES string of the molecule is C=C(CC)/C(F)=C\C(=C)C(F)(F)F. The monoisotopic (exact) mass is 194 g/mol. The number of halogens is 4. The van der Waals surface area contributed by atoms with Gasteiger partial charge in [0.1, 0.15) is 5.83 Å². The van der Waals surface area contributed by atoms with Crippen molar-refractivity contribution in [1.82, 2.24) is 0 Å². The van der Waals surface area contributed by atoms with Crippen molar-refractivity contribution < 1.29 is 17.6 Å². The van der Waals surface area contributed by atoms with Crippen molar-refractivity contribution in [2.24, 2.45) is 0 Å². The van der Waals surface area contributed by atoms with E-state index in [9.17, 15) is 17.6 Å². The van der Waals surface area contributed by atoms with Crippen molar-refractivity contribution >= 4 is 0 Å². The molecule has 0 unspecified atom stereocenters. The molecule has 0 saturated carbocycles. The van der Waals surface area contributed by atoms with Gasteiger partial charge in [0, 0.05) is 0 Å². The lowest BCUT2D eigenvalue weighted by Crippen LogP contribution is -2.08. The van der Waals surface area contributed by atoms with Gasteiger partial charge in [-0.2, -0.15) is 13.2 Å². The molecular weight excluding hydrogens is 184 g/mol. The summed E-state index contributed by atoms with van der Waals surface area (Å²) in [7, 11) is 0. The predicted octanol–water partition coefficient (Wildman–Crippen LogP) is 3.92. The molecule has 0 aliphatic rings. The maximum absolute atomic E-state index is 12.8. The molecule has 74 valence electrons. The van der Waals surface area contributed by atoms with Gasteiger partial charge in [0.2, 0.25) is 0 Å². The minimum Gasteiger partial charge on any atom is -0.207 e. The minimum absolute atomic E-state index is 0.0328. The highest BCUT2D eigenvalue weighted by Crippen LogP contribution is 2.27. The van der Waals surface area contributed by atoms with Crippen LogP contribution in [-0.2, 0) is 0 Å². The van der Waals surface area contributed by atoms with E-state index in [0.717, 1.165) is 0 Å². The number of hydrogen-bond donors (Lipinski definition) is 0. The largest absolute Gasteiger partial charge is 0.415 e. The molecule has 0 atom stereocenters. The number of hydrogen-bond acceptors (Lipinski definition) is 0. The van der Waals surface area contributed by atoms with Gasteiger partial charge in [-0.1, -0.05) is 20.1 Å². The van der Waals surface area contributed by atoms with Crippen LogP contribution in [0.3, 0.4) is 0 Å². The van der Waals surface area contributed by atoms with E-state index < -0.39 is 17.6 Å². The van der Waals surface area contributed by atoms with E-state index in [1.54, 1.807) is 6.92 Å². The summed E-state index contributed by atoms with van der Waals surface area (Å²) in [6.45, 7) is 7.56. The lowest BCUT2D eigenvalue weighted by molar-refractivity contribution is -0.0879. The van der Waals surface area contributed by atoms with E-state index >= 15 is 0 Å². The fourth-order valence-electron chi connectivity index (χ4n) is 0.506. The van der Waals surface area contributed by atoms with E-state index in [1.807, 2.05) is 0 Å². The van der Waals surface area contributed by atoms with E-state index in [1.165, 1.54) is 0 Å². The first-order chi connectivity index (χ1) is 5.79. The quantitative estimate of drug-likeness (QED) is 0.471. The average Bonchev–Trinajstić information content (AvgIpc) is 2.01. The third-order valence-corrected chi connectivity index (χ3v) is 1.43. The van der Waals surface area contributed by atoms with Gasteiger partial charge >= 0.3 is 6.18 Å². The molecule has 0 saturated heterocycles. The van der Waals surface area contributed by atoms with Crippen LogP contribution in [0, 0.1) is 0 Å². The Kier molecular flexibility index (Phi) is 3.91. The second-order valence-electron chi connectivity index (χ2n) is 2.47. The fraction of sp³-hybridized carbons (Fsp3) is 0.333. The van der Waals surface area contributed by atoms with Crippen molar-refractivity contribution in [2.45, 2.75) is 19.5 Å². The number of alkyl halides is 3. The Morgan fingerprint density at radius 1 is 1.31 bits per heavy atom. The Balaban J connectivity index is 4.59. The molecule has 0 rings (SSSR count). The van der Waals surface area contributed by atoms with E-state index in [-0.39, 0.29) is 12.0 Å². The van der Waals surface area contributed by atoms with Crippen LogP contribution in [0.4, 0.5) is 17.6 Å². The summed E-state index contributed by atoms with van der Waals surface area (Å²) in [6.07, 6.45) is -3.95. The molecule has 4 heteroatoms. The molecule has 0 fully saturated rings. The van der Waals surface area contributed by atoms with Gasteiger partial charge in [-0.15, -0.1) is 0 Å². The molecule has 0 aromatic carbocycles. The summed E-state index contributed by atoms with van der Waals surface area (Å²) in [5.41, 5.74) is -1.18. The van der Waals surface area contributed by atoms with Crippen LogP contribution in [0.15, 0.2) is 36.2 Å². The highest BCUT2D eigenvalue weighted by atomic mass is 19.4. The topological polar surface area (TPSA) is 0 Å². The number of allylic oxidation sites excluding steroid dienone is 4. The Labute approximate surface area is 74.3 Å². The van der Waals surface area contributed by atoms with E-state index in [4.69, 9.17) is 0 Å². The van der Waals surface area contributed by atoms with Crippen LogP contribution < -0.4 is 0 Å². The van der Waals surface area contributed by atoms with Crippen LogP contribution in [0.5, 0.6) is 0 Å². The molecule has 0 aromatic heterocycles. The molecule has 0 spiro atoms. The zero-order chi connectivity index (χ0) is 10.6. The fourth-order valence-corrected chi connectivity index (χ4v) is 0.506. The summed E-state index contributed by atoms with van der Waals surface area (Å²) in [5.74, 6) is -0.968. The summed E-state index contributed by atoms with van der Waals surface area (Å²) in [4.78, 5) is 0. The Morgan fingerprint density at radius 2 is 1.77 bits per heavy atom. The molecule has 13 heavy (non-hydrogen) atoms. The van der Waals surface area contributed by atoms with Gasteiger partial charge in [-0.25, -0.2) is 4.39 Å². The number of rotatable bonds is 3. The third-order valence-electron chi connectivity index (χ3n) is 1.43. The summed E-state index contributed by atoms with van der Waals surface area (Å²) >= 11 is 0. The average molecular weight is 194 g/mol.